The van der Waals surface area contributed by atoms with Crippen LogP contribution in [0.15, 0.2) is 64.9 Å². The number of ketones is 1. The van der Waals surface area contributed by atoms with Crippen LogP contribution in [0.1, 0.15) is 16.1 Å². The van der Waals surface area contributed by atoms with Crippen LogP contribution in [0.5, 0.6) is 0 Å². The molecule has 4 rings (SSSR count). The minimum absolute atomic E-state index is 0.152. The van der Waals surface area contributed by atoms with Gasteiger partial charge in [0.2, 0.25) is 15.8 Å². The van der Waals surface area contributed by atoms with Gasteiger partial charge in [0.05, 0.1) is 4.90 Å². The molecule has 9 nitrogen and oxygen atoms in total. The maximum absolute atomic E-state index is 12.6. The summed E-state index contributed by atoms with van der Waals surface area (Å²) in [6.07, 6.45) is 0. The van der Waals surface area contributed by atoms with Crippen LogP contribution in [0.4, 0.5) is 16.6 Å². The molecule has 0 aliphatic carbocycles. The Bertz CT molecular complexity index is 1410. The topological polar surface area (TPSA) is 130 Å². The molecule has 0 aliphatic heterocycles. The summed E-state index contributed by atoms with van der Waals surface area (Å²) in [7, 11) is 0.175. The van der Waals surface area contributed by atoms with Crippen molar-refractivity contribution in [1.82, 2.24) is 19.6 Å². The van der Waals surface area contributed by atoms with Gasteiger partial charge in [-0.3, -0.25) is 4.79 Å². The molecular weight excluding hydrogens is 504 g/mol. The Labute approximate surface area is 211 Å². The van der Waals surface area contributed by atoms with Gasteiger partial charge < -0.3 is 16.0 Å². The third-order valence-corrected chi connectivity index (χ3v) is 8.35. The fraction of sp³-hybridized carbons (Fsp3) is 0.174. The number of nitrogens with one attached hydrogen (secondary N) is 2. The number of aromatic nitrogens is 2. The lowest BCUT2D eigenvalue weighted by Gasteiger charge is -2.11. The third kappa shape index (κ3) is 6.10. The molecule has 0 saturated heterocycles. The number of thiazole rings is 2. The predicted octanol–water partition coefficient (Wildman–Crippen LogP) is 3.66. The van der Waals surface area contributed by atoms with Gasteiger partial charge in [-0.15, -0.1) is 11.3 Å². The Morgan fingerprint density at radius 3 is 2.46 bits per heavy atom. The smallest absolute Gasteiger partial charge is 0.240 e. The lowest BCUT2D eigenvalue weighted by Crippen LogP contribution is -2.31. The van der Waals surface area contributed by atoms with Crippen LogP contribution in [-0.4, -0.2) is 56.3 Å². The summed E-state index contributed by atoms with van der Waals surface area (Å²) in [5.41, 5.74) is 7.71. The molecule has 0 atom stereocenters. The summed E-state index contributed by atoms with van der Waals surface area (Å²) in [5.74, 6) is 0.149. The Morgan fingerprint density at radius 2 is 1.77 bits per heavy atom. The van der Waals surface area contributed by atoms with Gasteiger partial charge >= 0.3 is 0 Å². The number of carbonyl (C=O) groups excluding carboxylic acids is 1. The number of likely N-dealkylation sites (N-methyl/N-ethyl adjacent to an activating group) is 1. The zero-order valence-electron chi connectivity index (χ0n) is 19.1. The van der Waals surface area contributed by atoms with Crippen molar-refractivity contribution >= 4 is 55.1 Å². The van der Waals surface area contributed by atoms with Crippen LogP contribution < -0.4 is 15.8 Å². The van der Waals surface area contributed by atoms with Gasteiger partial charge in [-0.05, 0) is 38.4 Å². The molecule has 0 radical (unpaired) electrons. The number of hydrogen-bond acceptors (Lipinski definition) is 10. The third-order valence-electron chi connectivity index (χ3n) is 4.89. The molecule has 35 heavy (non-hydrogen) atoms. The lowest BCUT2D eigenvalue weighted by atomic mass is 10.1. The number of hydrogen-bond donors (Lipinski definition) is 3. The Kier molecular flexibility index (Phi) is 7.57. The number of rotatable bonds is 10. The van der Waals surface area contributed by atoms with Gasteiger partial charge in [0.15, 0.2) is 5.13 Å². The van der Waals surface area contributed by atoms with E-state index in [1.807, 2.05) is 37.2 Å². The maximum atomic E-state index is 12.6. The Balaban J connectivity index is 1.45. The first-order chi connectivity index (χ1) is 16.7. The first-order valence-corrected chi connectivity index (χ1v) is 13.7. The van der Waals surface area contributed by atoms with Crippen molar-refractivity contribution in [2.45, 2.75) is 4.90 Å². The summed E-state index contributed by atoms with van der Waals surface area (Å²) in [4.78, 5) is 24.2. The molecule has 0 saturated carbocycles. The zero-order valence-corrected chi connectivity index (χ0v) is 21.5. The molecule has 4 aromatic rings. The molecule has 12 heteroatoms. The monoisotopic (exact) mass is 528 g/mol. The van der Waals surface area contributed by atoms with E-state index in [4.69, 9.17) is 5.73 Å². The van der Waals surface area contributed by atoms with E-state index in [0.29, 0.717) is 50.9 Å². The number of anilines is 3. The van der Waals surface area contributed by atoms with Crippen LogP contribution in [0.2, 0.25) is 0 Å². The zero-order chi connectivity index (χ0) is 25.0. The maximum Gasteiger partial charge on any atom is 0.240 e. The number of sulfonamides is 1. The van der Waals surface area contributed by atoms with E-state index in [2.05, 4.69) is 20.0 Å². The standard InChI is InChI=1S/C23H24N6O3S3/c1-29(2)13-12-25-35(31,32)17-10-8-16(9-11-17)26-23-28-21(24)20(34-23)22-27-18(14-33-22)19(30)15-6-4-3-5-7-15/h3-11,14,25H,12-13,24H2,1-2H3,(H,26,28). The molecule has 0 spiro atoms. The molecule has 2 aromatic heterocycles. The van der Waals surface area contributed by atoms with Gasteiger partial charge in [0.1, 0.15) is 21.4 Å². The molecule has 2 aromatic carbocycles. The Hall–Kier alpha value is -3.16. The first kappa shape index (κ1) is 24.9. The van der Waals surface area contributed by atoms with E-state index >= 15 is 0 Å². The summed E-state index contributed by atoms with van der Waals surface area (Å²) >= 11 is 2.63. The van der Waals surface area contributed by atoms with E-state index < -0.39 is 10.0 Å². The number of benzene rings is 2. The van der Waals surface area contributed by atoms with Crippen LogP contribution in [-0.2, 0) is 10.0 Å². The van der Waals surface area contributed by atoms with Crippen molar-refractivity contribution in [2.24, 2.45) is 0 Å². The molecule has 0 unspecified atom stereocenters. The van der Waals surface area contributed by atoms with E-state index in [1.54, 1.807) is 29.6 Å². The normalized spacial score (nSPS) is 11.6. The van der Waals surface area contributed by atoms with Gasteiger partial charge in [0, 0.05) is 29.7 Å². The van der Waals surface area contributed by atoms with Crippen molar-refractivity contribution in [2.75, 3.05) is 38.2 Å². The van der Waals surface area contributed by atoms with Gasteiger partial charge in [-0.25, -0.2) is 23.1 Å². The molecule has 182 valence electrons. The summed E-state index contributed by atoms with van der Waals surface area (Å²) < 4.78 is 27.4. The van der Waals surface area contributed by atoms with Crippen LogP contribution >= 0.6 is 22.7 Å². The summed E-state index contributed by atoms with van der Waals surface area (Å²) in [5, 5.41) is 5.99. The number of nitrogens with zero attached hydrogens (tertiary/aromatic N) is 3. The first-order valence-electron chi connectivity index (χ1n) is 10.6. The van der Waals surface area contributed by atoms with Gasteiger partial charge in [-0.1, -0.05) is 41.7 Å². The highest BCUT2D eigenvalue weighted by Crippen LogP contribution is 2.38. The van der Waals surface area contributed by atoms with Crippen molar-refractivity contribution in [3.63, 3.8) is 0 Å². The van der Waals surface area contributed by atoms with Crippen molar-refractivity contribution < 1.29 is 13.2 Å². The second-order valence-corrected chi connectivity index (χ2v) is 11.4. The highest BCUT2D eigenvalue weighted by molar-refractivity contribution is 7.89. The average molecular weight is 529 g/mol. The number of nitrogen functional groups attached to an aromatic ring is 1. The SMILES string of the molecule is CN(C)CCNS(=O)(=O)c1ccc(Nc2nc(N)c(-c3nc(C(=O)c4ccccc4)cs3)s2)cc1. The van der Waals surface area contributed by atoms with Crippen molar-refractivity contribution in [3.8, 4) is 9.88 Å². The van der Waals surface area contributed by atoms with Crippen LogP contribution in [0, 0.1) is 0 Å². The summed E-state index contributed by atoms with van der Waals surface area (Å²) in [6, 6.07) is 15.4. The molecule has 4 N–H and O–H groups in total. The van der Waals surface area contributed by atoms with Gasteiger partial charge in [0.25, 0.3) is 0 Å². The van der Waals surface area contributed by atoms with E-state index in [9.17, 15) is 13.2 Å². The van der Waals surface area contributed by atoms with Crippen LogP contribution in [0.3, 0.4) is 0 Å². The minimum Gasteiger partial charge on any atom is -0.382 e. The van der Waals surface area contributed by atoms with E-state index in [-0.39, 0.29) is 10.7 Å². The van der Waals surface area contributed by atoms with Crippen molar-refractivity contribution in [3.05, 3.63) is 71.2 Å². The molecule has 0 fully saturated rings. The largest absolute Gasteiger partial charge is 0.382 e. The second kappa shape index (κ2) is 10.6. The fourth-order valence-electron chi connectivity index (χ4n) is 3.09. The minimum atomic E-state index is -3.58. The highest BCUT2D eigenvalue weighted by Gasteiger charge is 2.18. The number of carbonyl (C=O) groups is 1. The quantitative estimate of drug-likeness (QED) is 0.266. The molecule has 0 amide bonds. The van der Waals surface area contributed by atoms with Crippen LogP contribution in [0.25, 0.3) is 9.88 Å². The molecule has 2 heterocycles. The Morgan fingerprint density at radius 1 is 1.06 bits per heavy atom. The van der Waals surface area contributed by atoms with Gasteiger partial charge in [-0.2, -0.15) is 0 Å². The average Bonchev–Trinajstić information content (AvgIpc) is 3.46. The van der Waals surface area contributed by atoms with Crippen molar-refractivity contribution in [1.29, 1.82) is 0 Å². The molecule has 0 aliphatic rings. The predicted molar refractivity (Wildman–Crippen MR) is 141 cm³/mol. The molecular formula is C23H24N6O3S3. The summed E-state index contributed by atoms with van der Waals surface area (Å²) in [6.45, 7) is 0.930. The van der Waals surface area contributed by atoms with E-state index in [0.717, 1.165) is 0 Å². The lowest BCUT2D eigenvalue weighted by molar-refractivity contribution is 0.103. The highest BCUT2D eigenvalue weighted by atomic mass is 32.2. The van der Waals surface area contributed by atoms with E-state index in [1.165, 1.54) is 34.8 Å². The fourth-order valence-corrected chi connectivity index (χ4v) is 5.91. The second-order valence-electron chi connectivity index (χ2n) is 7.82. The number of nitrogens with two attached hydrogens (primary N) is 1. The molecule has 0 bridgehead atoms.